The number of hydrogen-bond donors (Lipinski definition) is 5. The van der Waals surface area contributed by atoms with Gasteiger partial charge in [0.15, 0.2) is 0 Å². The van der Waals surface area contributed by atoms with Gasteiger partial charge in [-0.2, -0.15) is 0 Å². The van der Waals surface area contributed by atoms with E-state index in [1.165, 1.54) is 6.92 Å². The number of benzene rings is 2. The molecule has 12 nitrogen and oxygen atoms in total. The van der Waals surface area contributed by atoms with E-state index in [9.17, 15) is 29.1 Å². The van der Waals surface area contributed by atoms with Crippen molar-refractivity contribution in [3.63, 3.8) is 0 Å². The minimum Gasteiger partial charge on any atom is -0.460 e. The van der Waals surface area contributed by atoms with E-state index in [1.807, 2.05) is 32.0 Å². The Balaban J connectivity index is 2.06. The predicted octanol–water partition coefficient (Wildman–Crippen LogP) is 3.57. The summed E-state index contributed by atoms with van der Waals surface area (Å²) < 4.78 is 10.6. The molecule has 2 rings (SSSR count). The molecule has 0 heterocycles. The van der Waals surface area contributed by atoms with Crippen LogP contribution in [-0.4, -0.2) is 58.6 Å². The van der Waals surface area contributed by atoms with Gasteiger partial charge in [0.05, 0.1) is 6.61 Å². The van der Waals surface area contributed by atoms with Crippen LogP contribution < -0.4 is 21.3 Å². The highest BCUT2D eigenvalue weighted by Crippen LogP contribution is 2.14. The molecule has 4 amide bonds. The number of aliphatic hydroxyl groups excluding tert-OH is 1. The van der Waals surface area contributed by atoms with E-state index in [-0.39, 0.29) is 38.4 Å². The summed E-state index contributed by atoms with van der Waals surface area (Å²) in [6.45, 7) is 10.3. The van der Waals surface area contributed by atoms with E-state index < -0.39 is 53.5 Å². The van der Waals surface area contributed by atoms with E-state index >= 15 is 0 Å². The zero-order valence-corrected chi connectivity index (χ0v) is 26.8. The van der Waals surface area contributed by atoms with Crippen LogP contribution in [0.1, 0.15) is 71.9 Å². The van der Waals surface area contributed by atoms with Crippen molar-refractivity contribution in [3.05, 3.63) is 65.7 Å². The number of carbonyl (C=O) groups is 5. The number of hydrogen-bond acceptors (Lipinski definition) is 8. The van der Waals surface area contributed by atoms with Crippen LogP contribution in [0.4, 0.5) is 10.5 Å². The third kappa shape index (κ3) is 14.3. The smallest absolute Gasteiger partial charge is 0.408 e. The van der Waals surface area contributed by atoms with E-state index in [0.717, 1.165) is 5.56 Å². The molecule has 2 aromatic carbocycles. The van der Waals surface area contributed by atoms with Gasteiger partial charge < -0.3 is 35.8 Å². The number of aliphatic hydroxyl groups is 1. The molecular weight excluding hydrogens is 580 g/mol. The van der Waals surface area contributed by atoms with Crippen molar-refractivity contribution in [2.45, 2.75) is 97.7 Å². The lowest BCUT2D eigenvalue weighted by Gasteiger charge is -2.24. The van der Waals surface area contributed by atoms with Crippen LogP contribution in [-0.2, 0) is 41.9 Å². The minimum absolute atomic E-state index is 0.0276. The van der Waals surface area contributed by atoms with Gasteiger partial charge in [-0.25, -0.2) is 4.79 Å². The minimum atomic E-state index is -1.14. The average molecular weight is 627 g/mol. The van der Waals surface area contributed by atoms with Crippen LogP contribution in [0.15, 0.2) is 54.6 Å². The van der Waals surface area contributed by atoms with Gasteiger partial charge in [0.1, 0.15) is 30.3 Å². The quantitative estimate of drug-likeness (QED) is 0.187. The molecule has 0 aliphatic rings. The number of nitrogens with one attached hydrogen (secondary N) is 4. The molecule has 0 fully saturated rings. The Hall–Kier alpha value is -4.45. The molecule has 0 saturated carbocycles. The molecule has 0 saturated heterocycles. The molecule has 0 unspecified atom stereocenters. The molecular formula is C33H46N4O8. The number of alkyl carbamates (subject to hydrolysis) is 1. The molecule has 246 valence electrons. The molecule has 0 radical (unpaired) electrons. The molecule has 5 N–H and O–H groups in total. The average Bonchev–Trinajstić information content (AvgIpc) is 2.97. The van der Waals surface area contributed by atoms with Crippen molar-refractivity contribution in [3.8, 4) is 0 Å². The normalized spacial score (nSPS) is 13.2. The van der Waals surface area contributed by atoms with Gasteiger partial charge in [-0.3, -0.25) is 19.2 Å². The van der Waals surface area contributed by atoms with Crippen LogP contribution in [0.25, 0.3) is 0 Å². The Bertz CT molecular complexity index is 1280. The van der Waals surface area contributed by atoms with Gasteiger partial charge in [0.2, 0.25) is 17.7 Å². The monoisotopic (exact) mass is 626 g/mol. The number of esters is 1. The van der Waals surface area contributed by atoms with Gasteiger partial charge in [0, 0.05) is 12.1 Å². The van der Waals surface area contributed by atoms with Crippen LogP contribution in [0, 0.1) is 5.92 Å². The lowest BCUT2D eigenvalue weighted by Crippen LogP contribution is -2.55. The molecule has 0 spiro atoms. The lowest BCUT2D eigenvalue weighted by molar-refractivity contribution is -0.155. The maximum atomic E-state index is 13.2. The Morgan fingerprint density at radius 1 is 0.778 bits per heavy atom. The van der Waals surface area contributed by atoms with Crippen LogP contribution in [0.5, 0.6) is 0 Å². The van der Waals surface area contributed by atoms with Crippen molar-refractivity contribution in [1.82, 2.24) is 16.0 Å². The van der Waals surface area contributed by atoms with Crippen LogP contribution in [0.2, 0.25) is 0 Å². The number of amides is 4. The Labute approximate surface area is 264 Å². The summed E-state index contributed by atoms with van der Waals surface area (Å²) in [5.74, 6) is -2.35. The highest BCUT2D eigenvalue weighted by molar-refractivity contribution is 5.99. The first-order chi connectivity index (χ1) is 21.2. The molecule has 45 heavy (non-hydrogen) atoms. The first kappa shape index (κ1) is 36.7. The van der Waals surface area contributed by atoms with Gasteiger partial charge in [0.25, 0.3) is 0 Å². The van der Waals surface area contributed by atoms with Crippen LogP contribution in [0.3, 0.4) is 0 Å². The second-order valence-electron chi connectivity index (χ2n) is 12.1. The zero-order valence-electron chi connectivity index (χ0n) is 26.8. The largest absolute Gasteiger partial charge is 0.460 e. The van der Waals surface area contributed by atoms with Crippen LogP contribution >= 0.6 is 0 Å². The molecule has 12 heteroatoms. The van der Waals surface area contributed by atoms with Crippen molar-refractivity contribution < 1.29 is 38.6 Å². The molecule has 0 aliphatic carbocycles. The Morgan fingerprint density at radius 2 is 1.42 bits per heavy atom. The maximum absolute atomic E-state index is 13.2. The van der Waals surface area contributed by atoms with E-state index in [0.29, 0.717) is 11.3 Å². The summed E-state index contributed by atoms with van der Waals surface area (Å²) in [7, 11) is 0. The number of anilines is 1. The van der Waals surface area contributed by atoms with Gasteiger partial charge in [-0.15, -0.1) is 0 Å². The summed E-state index contributed by atoms with van der Waals surface area (Å²) in [5.41, 5.74) is 1.15. The molecule has 0 aliphatic heterocycles. The summed E-state index contributed by atoms with van der Waals surface area (Å²) in [6, 6.07) is 12.4. The number of rotatable bonds is 15. The highest BCUT2D eigenvalue weighted by Gasteiger charge is 2.29. The highest BCUT2D eigenvalue weighted by atomic mass is 16.6. The van der Waals surface area contributed by atoms with Gasteiger partial charge in [-0.05, 0) is 69.7 Å². The molecule has 0 aromatic heterocycles. The third-order valence-corrected chi connectivity index (χ3v) is 6.37. The fraction of sp³-hybridized carbons (Fsp3) is 0.485. The van der Waals surface area contributed by atoms with Crippen molar-refractivity contribution in [2.75, 3.05) is 5.32 Å². The molecule has 0 bridgehead atoms. The maximum Gasteiger partial charge on any atom is 0.408 e. The molecule has 3 atom stereocenters. The van der Waals surface area contributed by atoms with Gasteiger partial charge in [-0.1, -0.05) is 56.3 Å². The standard InChI is InChI=1S/C33H46N4O8/c1-21(2)18-27(37-32(43)44-20-24-10-8-7-9-11-24)31(42)34-22(3)29(40)36-26(16-17-28(39)45-33(4,5)6)30(41)35-25-14-12-23(19-38)13-15-25/h7-15,21-22,26-27,38H,16-20H2,1-6H3,(H,34,42)(H,35,41)(H,36,40)(H,37,43)/t22-,26-,27+/m0/s1. The fourth-order valence-electron chi connectivity index (χ4n) is 4.13. The van der Waals surface area contributed by atoms with E-state index in [1.54, 1.807) is 57.2 Å². The first-order valence-corrected chi connectivity index (χ1v) is 15.0. The fourth-order valence-corrected chi connectivity index (χ4v) is 4.13. The van der Waals surface area contributed by atoms with E-state index in [4.69, 9.17) is 9.47 Å². The van der Waals surface area contributed by atoms with E-state index in [2.05, 4.69) is 21.3 Å². The van der Waals surface area contributed by atoms with Gasteiger partial charge >= 0.3 is 12.1 Å². The summed E-state index contributed by atoms with van der Waals surface area (Å²) in [5, 5.41) is 19.8. The van der Waals surface area contributed by atoms with Crippen molar-refractivity contribution >= 4 is 35.5 Å². The summed E-state index contributed by atoms with van der Waals surface area (Å²) >= 11 is 0. The van der Waals surface area contributed by atoms with Crippen molar-refractivity contribution in [2.24, 2.45) is 5.92 Å². The summed E-state index contributed by atoms with van der Waals surface area (Å²) in [4.78, 5) is 64.3. The zero-order chi connectivity index (χ0) is 33.6. The lowest BCUT2D eigenvalue weighted by atomic mass is 10.0. The number of ether oxygens (including phenoxy) is 2. The Morgan fingerprint density at radius 3 is 2.00 bits per heavy atom. The third-order valence-electron chi connectivity index (χ3n) is 6.37. The summed E-state index contributed by atoms with van der Waals surface area (Å²) in [6.07, 6.45) is -0.697. The first-order valence-electron chi connectivity index (χ1n) is 15.0. The molecule has 2 aromatic rings. The topological polar surface area (TPSA) is 172 Å². The SMILES string of the molecule is CC(C)C[C@@H](NC(=O)OCc1ccccc1)C(=O)N[C@@H](C)C(=O)N[C@@H](CCC(=O)OC(C)(C)C)C(=O)Nc1ccc(CO)cc1. The second-order valence-corrected chi connectivity index (χ2v) is 12.1. The number of carbonyl (C=O) groups excluding carboxylic acids is 5. The Kier molecular flexibility index (Phi) is 14.5. The second kappa shape index (κ2) is 17.7. The van der Waals surface area contributed by atoms with Crippen molar-refractivity contribution in [1.29, 1.82) is 0 Å². The predicted molar refractivity (Wildman–Crippen MR) is 169 cm³/mol.